The SMILES string of the molecule is C=C/C=C(C=C)/C(C=C)=C(/C=C)c1ccccc1. The van der Waals surface area contributed by atoms with E-state index >= 15 is 0 Å². The summed E-state index contributed by atoms with van der Waals surface area (Å²) >= 11 is 0. The summed E-state index contributed by atoms with van der Waals surface area (Å²) in [6, 6.07) is 10.1. The van der Waals surface area contributed by atoms with Crippen LogP contribution in [0.5, 0.6) is 0 Å². The summed E-state index contributed by atoms with van der Waals surface area (Å²) in [4.78, 5) is 0. The van der Waals surface area contributed by atoms with Crippen molar-refractivity contribution in [1.29, 1.82) is 0 Å². The first kappa shape index (κ1) is 13.7. The molecule has 0 amide bonds. The molecule has 0 saturated heterocycles. The van der Waals surface area contributed by atoms with E-state index in [2.05, 4.69) is 38.4 Å². The Balaban J connectivity index is 3.48. The molecule has 0 nitrogen and oxygen atoms in total. The van der Waals surface area contributed by atoms with Gasteiger partial charge in [0, 0.05) is 0 Å². The molecule has 1 aromatic rings. The summed E-state index contributed by atoms with van der Waals surface area (Å²) in [6.45, 7) is 15.3. The largest absolute Gasteiger partial charge is 0.0990 e. The highest BCUT2D eigenvalue weighted by molar-refractivity contribution is 5.82. The molecule has 0 heteroatoms. The molecule has 0 radical (unpaired) electrons. The molecular formula is C18H18. The lowest BCUT2D eigenvalue weighted by atomic mass is 9.94. The minimum Gasteiger partial charge on any atom is -0.0990 e. The number of hydrogen-bond acceptors (Lipinski definition) is 0. The van der Waals surface area contributed by atoms with Crippen LogP contribution >= 0.6 is 0 Å². The van der Waals surface area contributed by atoms with Crippen molar-refractivity contribution in [1.82, 2.24) is 0 Å². The van der Waals surface area contributed by atoms with E-state index in [0.717, 1.165) is 22.3 Å². The van der Waals surface area contributed by atoms with Crippen LogP contribution in [0.3, 0.4) is 0 Å². The van der Waals surface area contributed by atoms with Crippen LogP contribution in [-0.2, 0) is 0 Å². The maximum Gasteiger partial charge on any atom is -0.0112 e. The van der Waals surface area contributed by atoms with Gasteiger partial charge in [0.15, 0.2) is 0 Å². The quantitative estimate of drug-likeness (QED) is 0.600. The fraction of sp³-hybridized carbons (Fsp3) is 0. The van der Waals surface area contributed by atoms with Gasteiger partial charge >= 0.3 is 0 Å². The molecule has 0 aromatic heterocycles. The van der Waals surface area contributed by atoms with Crippen LogP contribution in [0.25, 0.3) is 5.57 Å². The maximum absolute atomic E-state index is 3.89. The van der Waals surface area contributed by atoms with Gasteiger partial charge in [0.25, 0.3) is 0 Å². The van der Waals surface area contributed by atoms with E-state index < -0.39 is 0 Å². The van der Waals surface area contributed by atoms with Gasteiger partial charge in [0.2, 0.25) is 0 Å². The number of hydrogen-bond donors (Lipinski definition) is 0. The predicted octanol–water partition coefficient (Wildman–Crippen LogP) is 5.11. The van der Waals surface area contributed by atoms with E-state index in [1.54, 1.807) is 12.2 Å². The van der Waals surface area contributed by atoms with Crippen molar-refractivity contribution in [3.05, 3.63) is 104 Å². The summed E-state index contributed by atoms with van der Waals surface area (Å²) in [5, 5.41) is 0. The van der Waals surface area contributed by atoms with Gasteiger partial charge in [-0.25, -0.2) is 0 Å². The summed E-state index contributed by atoms with van der Waals surface area (Å²) in [5.41, 5.74) is 4.14. The zero-order chi connectivity index (χ0) is 13.4. The van der Waals surface area contributed by atoms with Gasteiger partial charge in [-0.15, -0.1) is 0 Å². The molecule has 0 bridgehead atoms. The minimum atomic E-state index is 0.985. The molecular weight excluding hydrogens is 216 g/mol. The average molecular weight is 234 g/mol. The Kier molecular flexibility index (Phi) is 5.40. The zero-order valence-corrected chi connectivity index (χ0v) is 10.6. The molecule has 0 spiro atoms. The third-order valence-corrected chi connectivity index (χ3v) is 2.61. The van der Waals surface area contributed by atoms with Crippen LogP contribution in [0.15, 0.2) is 98.2 Å². The first-order chi connectivity index (χ1) is 8.78. The summed E-state index contributed by atoms with van der Waals surface area (Å²) in [6.07, 6.45) is 9.11. The molecule has 18 heavy (non-hydrogen) atoms. The van der Waals surface area contributed by atoms with E-state index in [1.165, 1.54) is 0 Å². The Hall–Kier alpha value is -2.34. The van der Waals surface area contributed by atoms with Gasteiger partial charge < -0.3 is 0 Å². The van der Waals surface area contributed by atoms with Crippen LogP contribution in [0.4, 0.5) is 0 Å². The Morgan fingerprint density at radius 1 is 0.833 bits per heavy atom. The second kappa shape index (κ2) is 7.08. The molecule has 1 rings (SSSR count). The van der Waals surface area contributed by atoms with Crippen LogP contribution in [0.1, 0.15) is 5.56 Å². The first-order valence-electron chi connectivity index (χ1n) is 5.78. The monoisotopic (exact) mass is 234 g/mol. The van der Waals surface area contributed by atoms with Gasteiger partial charge in [-0.1, -0.05) is 87.0 Å². The topological polar surface area (TPSA) is 0 Å². The van der Waals surface area contributed by atoms with Crippen molar-refractivity contribution < 1.29 is 0 Å². The minimum absolute atomic E-state index is 0.985. The summed E-state index contributed by atoms with van der Waals surface area (Å²) in [5.74, 6) is 0. The second-order valence-electron chi connectivity index (χ2n) is 3.66. The highest BCUT2D eigenvalue weighted by atomic mass is 14.1. The third kappa shape index (κ3) is 3.08. The van der Waals surface area contributed by atoms with Crippen LogP contribution in [0, 0.1) is 0 Å². The third-order valence-electron chi connectivity index (χ3n) is 2.61. The van der Waals surface area contributed by atoms with Crippen LogP contribution in [0.2, 0.25) is 0 Å². The van der Waals surface area contributed by atoms with Gasteiger partial charge in [-0.3, -0.25) is 0 Å². The van der Waals surface area contributed by atoms with E-state index in [9.17, 15) is 0 Å². The number of rotatable bonds is 6. The molecule has 0 aliphatic rings. The fourth-order valence-corrected chi connectivity index (χ4v) is 1.78. The van der Waals surface area contributed by atoms with Gasteiger partial charge in [0.1, 0.15) is 0 Å². The van der Waals surface area contributed by atoms with E-state index in [-0.39, 0.29) is 0 Å². The van der Waals surface area contributed by atoms with Crippen molar-refractivity contribution in [2.75, 3.05) is 0 Å². The van der Waals surface area contributed by atoms with Gasteiger partial charge in [-0.2, -0.15) is 0 Å². The molecule has 0 aliphatic heterocycles. The van der Waals surface area contributed by atoms with Crippen molar-refractivity contribution in [3.8, 4) is 0 Å². The summed E-state index contributed by atoms with van der Waals surface area (Å²) in [7, 11) is 0. The highest BCUT2D eigenvalue weighted by Crippen LogP contribution is 2.26. The second-order valence-corrected chi connectivity index (χ2v) is 3.66. The van der Waals surface area contributed by atoms with Crippen LogP contribution in [-0.4, -0.2) is 0 Å². The molecule has 90 valence electrons. The van der Waals surface area contributed by atoms with E-state index in [0.29, 0.717) is 0 Å². The summed E-state index contributed by atoms with van der Waals surface area (Å²) < 4.78 is 0. The Morgan fingerprint density at radius 2 is 1.50 bits per heavy atom. The highest BCUT2D eigenvalue weighted by Gasteiger charge is 2.05. The van der Waals surface area contributed by atoms with E-state index in [1.807, 2.05) is 36.4 Å². The smallest absolute Gasteiger partial charge is 0.0112 e. The van der Waals surface area contributed by atoms with Crippen molar-refractivity contribution in [2.45, 2.75) is 0 Å². The van der Waals surface area contributed by atoms with Crippen molar-refractivity contribution in [2.24, 2.45) is 0 Å². The molecule has 0 unspecified atom stereocenters. The lowest BCUT2D eigenvalue weighted by Crippen LogP contribution is -1.90. The molecule has 1 aromatic carbocycles. The Bertz CT molecular complexity index is 510. The van der Waals surface area contributed by atoms with Gasteiger partial charge in [0.05, 0.1) is 0 Å². The molecule has 0 heterocycles. The lowest BCUT2D eigenvalue weighted by Gasteiger charge is -2.10. The van der Waals surface area contributed by atoms with Crippen LogP contribution < -0.4 is 0 Å². The molecule has 0 fully saturated rings. The predicted molar refractivity (Wildman–Crippen MR) is 82.2 cm³/mol. The zero-order valence-electron chi connectivity index (χ0n) is 10.6. The number of allylic oxidation sites excluding steroid dienone is 8. The molecule has 0 N–H and O–H groups in total. The first-order valence-corrected chi connectivity index (χ1v) is 5.78. The lowest BCUT2D eigenvalue weighted by molar-refractivity contribution is 1.53. The molecule has 0 saturated carbocycles. The fourth-order valence-electron chi connectivity index (χ4n) is 1.78. The van der Waals surface area contributed by atoms with E-state index in [4.69, 9.17) is 0 Å². The standard InChI is InChI=1S/C18H18/c1-5-12-15(6-2)17(7-3)18(8-4)16-13-10-9-11-14-16/h5-14H,1-4H2/b15-12+,18-17-. The normalized spacial score (nSPS) is 12.3. The number of benzene rings is 1. The molecule has 0 atom stereocenters. The molecule has 0 aliphatic carbocycles. The van der Waals surface area contributed by atoms with Crippen molar-refractivity contribution in [3.63, 3.8) is 0 Å². The van der Waals surface area contributed by atoms with Gasteiger partial charge in [-0.05, 0) is 22.3 Å². The Morgan fingerprint density at radius 3 is 1.94 bits per heavy atom. The Labute approximate surface area is 110 Å². The van der Waals surface area contributed by atoms with Crippen molar-refractivity contribution >= 4 is 5.57 Å². The maximum atomic E-state index is 3.89. The average Bonchev–Trinajstić information content (AvgIpc) is 2.43.